The normalized spacial score (nSPS) is 11.7. The molecule has 6 aromatic rings. The molecule has 0 radical (unpaired) electrons. The van der Waals surface area contributed by atoms with Crippen LogP contribution < -0.4 is 10.9 Å². The maximum Gasteiger partial charge on any atom is 0.264 e. The Bertz CT molecular complexity index is 1970. The number of benzene rings is 2. The van der Waals surface area contributed by atoms with Crippen molar-refractivity contribution < 1.29 is 4.79 Å². The van der Waals surface area contributed by atoms with Gasteiger partial charge in [0.15, 0.2) is 5.65 Å². The highest BCUT2D eigenvalue weighted by atomic mass is 127. The Balaban J connectivity index is 1.48. The van der Waals surface area contributed by atoms with E-state index >= 15 is 0 Å². The number of rotatable bonds is 4. The molecule has 39 heavy (non-hydrogen) atoms. The van der Waals surface area contributed by atoms with Gasteiger partial charge in [-0.2, -0.15) is 10.2 Å². The Morgan fingerprint density at radius 3 is 2.69 bits per heavy atom. The number of aromatic amines is 1. The summed E-state index contributed by atoms with van der Waals surface area (Å²) in [6, 6.07) is 19.9. The second-order valence-corrected chi connectivity index (χ2v) is 9.81. The molecule has 9 nitrogen and oxygen atoms in total. The lowest BCUT2D eigenvalue weighted by Gasteiger charge is -2.21. The standard InChI is InChI=1S/C29H20IN7O2/c1-18(33-28(38)25-26(30)35-36-16-6-14-31-27(25)36)23-17-20-8-5-7-19(11-12-21-13-15-32-34-21)24(20)29(39)37(23)22-9-3-2-4-10-22/h2-10,13-18H,1H3,(H,32,34)(H,33,38)/t18-/m0/s1. The summed E-state index contributed by atoms with van der Waals surface area (Å²) in [7, 11) is 0. The second kappa shape index (κ2) is 10.2. The van der Waals surface area contributed by atoms with E-state index in [4.69, 9.17) is 0 Å². The highest BCUT2D eigenvalue weighted by Gasteiger charge is 2.24. The molecule has 2 N–H and O–H groups in total. The van der Waals surface area contributed by atoms with Crippen molar-refractivity contribution >= 4 is 44.9 Å². The number of pyridine rings is 1. The summed E-state index contributed by atoms with van der Waals surface area (Å²) in [5.74, 6) is 5.81. The van der Waals surface area contributed by atoms with Gasteiger partial charge < -0.3 is 5.32 Å². The molecule has 6 rings (SSSR count). The quantitative estimate of drug-likeness (QED) is 0.225. The van der Waals surface area contributed by atoms with Crippen molar-refractivity contribution in [2.24, 2.45) is 0 Å². The molecule has 0 unspecified atom stereocenters. The Morgan fingerprint density at radius 2 is 1.90 bits per heavy atom. The van der Waals surface area contributed by atoms with Crippen molar-refractivity contribution in [3.8, 4) is 17.5 Å². The molecule has 0 aliphatic rings. The van der Waals surface area contributed by atoms with Crippen molar-refractivity contribution in [2.75, 3.05) is 0 Å². The first-order valence-corrected chi connectivity index (χ1v) is 13.1. The number of nitrogens with zero attached hydrogens (tertiary/aromatic N) is 5. The van der Waals surface area contributed by atoms with Gasteiger partial charge in [-0.15, -0.1) is 0 Å². The zero-order chi connectivity index (χ0) is 26.9. The number of fused-ring (bicyclic) bond motifs is 2. The average Bonchev–Trinajstić information content (AvgIpc) is 3.59. The number of aromatic nitrogens is 6. The van der Waals surface area contributed by atoms with Crippen LogP contribution in [-0.2, 0) is 0 Å². The third-order valence-electron chi connectivity index (χ3n) is 6.29. The minimum Gasteiger partial charge on any atom is -0.344 e. The Hall–Kier alpha value is -4.76. The first-order chi connectivity index (χ1) is 19.0. The van der Waals surface area contributed by atoms with Crippen LogP contribution in [0.3, 0.4) is 0 Å². The fourth-order valence-electron chi connectivity index (χ4n) is 4.51. The van der Waals surface area contributed by atoms with Gasteiger partial charge in [-0.25, -0.2) is 9.50 Å². The van der Waals surface area contributed by atoms with Crippen LogP contribution in [0.25, 0.3) is 22.1 Å². The summed E-state index contributed by atoms with van der Waals surface area (Å²) >= 11 is 2.03. The van der Waals surface area contributed by atoms with Gasteiger partial charge in [-0.05, 0) is 77.2 Å². The predicted octanol–water partition coefficient (Wildman–Crippen LogP) is 4.25. The van der Waals surface area contributed by atoms with Gasteiger partial charge in [-0.3, -0.25) is 19.3 Å². The molecule has 4 aromatic heterocycles. The molecule has 2 aromatic carbocycles. The van der Waals surface area contributed by atoms with E-state index in [9.17, 15) is 9.59 Å². The minimum absolute atomic E-state index is 0.225. The van der Waals surface area contributed by atoms with Crippen LogP contribution in [0.5, 0.6) is 0 Å². The number of H-pyrrole nitrogens is 1. The van der Waals surface area contributed by atoms with Crippen LogP contribution in [0.15, 0.2) is 90.1 Å². The third-order valence-corrected chi connectivity index (χ3v) is 7.05. The molecule has 0 aliphatic heterocycles. The van der Waals surface area contributed by atoms with Crippen molar-refractivity contribution in [3.63, 3.8) is 0 Å². The summed E-state index contributed by atoms with van der Waals surface area (Å²) in [6.45, 7) is 1.85. The minimum atomic E-state index is -0.524. The SMILES string of the molecule is C[C@H](NC(=O)c1c(I)nn2cccnc12)c1cc2cccc(C#Cc3ccn[nH]3)c2c(=O)n1-c1ccccc1. The molecule has 0 saturated heterocycles. The Morgan fingerprint density at radius 1 is 1.05 bits per heavy atom. The molecule has 1 amide bonds. The summed E-state index contributed by atoms with van der Waals surface area (Å²) in [6.07, 6.45) is 4.99. The monoisotopic (exact) mass is 625 g/mol. The largest absolute Gasteiger partial charge is 0.344 e. The molecule has 0 aliphatic carbocycles. The van der Waals surface area contributed by atoms with E-state index < -0.39 is 6.04 Å². The highest BCUT2D eigenvalue weighted by molar-refractivity contribution is 14.1. The predicted molar refractivity (Wildman–Crippen MR) is 156 cm³/mol. The Labute approximate surface area is 236 Å². The third kappa shape index (κ3) is 4.57. The molecule has 4 heterocycles. The fraction of sp³-hybridized carbons (Fsp3) is 0.0690. The van der Waals surface area contributed by atoms with E-state index in [0.717, 1.165) is 5.39 Å². The average molecular weight is 625 g/mol. The van der Waals surface area contributed by atoms with Gasteiger partial charge in [0.05, 0.1) is 11.4 Å². The highest BCUT2D eigenvalue weighted by Crippen LogP contribution is 2.24. The van der Waals surface area contributed by atoms with E-state index in [-0.39, 0.29) is 11.5 Å². The number of carbonyl (C=O) groups is 1. The maximum absolute atomic E-state index is 14.1. The molecule has 0 spiro atoms. The first-order valence-electron chi connectivity index (χ1n) is 12.1. The van der Waals surface area contributed by atoms with Gasteiger partial charge in [-0.1, -0.05) is 36.3 Å². The first kappa shape index (κ1) is 24.6. The lowest BCUT2D eigenvalue weighted by atomic mass is 10.0. The van der Waals surface area contributed by atoms with E-state index in [0.29, 0.717) is 42.9 Å². The smallest absolute Gasteiger partial charge is 0.264 e. The number of carbonyl (C=O) groups excluding carboxylic acids is 1. The molecular formula is C29H20IN7O2. The van der Waals surface area contributed by atoms with Gasteiger partial charge in [0.2, 0.25) is 0 Å². The van der Waals surface area contributed by atoms with E-state index in [2.05, 4.69) is 37.4 Å². The number of hydrogen-bond acceptors (Lipinski definition) is 5. The van der Waals surface area contributed by atoms with Gasteiger partial charge in [0, 0.05) is 35.5 Å². The Kier molecular flexibility index (Phi) is 6.42. The summed E-state index contributed by atoms with van der Waals surface area (Å²) in [5, 5.41) is 15.4. The van der Waals surface area contributed by atoms with Crippen LogP contribution in [0.1, 0.15) is 40.3 Å². The molecule has 0 fully saturated rings. The number of para-hydroxylation sites is 1. The summed E-state index contributed by atoms with van der Waals surface area (Å²) < 4.78 is 3.74. The molecule has 1 atom stereocenters. The maximum atomic E-state index is 14.1. The van der Waals surface area contributed by atoms with Crippen LogP contribution in [-0.4, -0.2) is 35.3 Å². The number of amides is 1. The van der Waals surface area contributed by atoms with Crippen LogP contribution >= 0.6 is 22.6 Å². The number of halogens is 1. The molecular weight excluding hydrogens is 605 g/mol. The van der Waals surface area contributed by atoms with E-state index in [1.807, 2.05) is 84.1 Å². The zero-order valence-corrected chi connectivity index (χ0v) is 22.7. The lowest BCUT2D eigenvalue weighted by molar-refractivity contribution is 0.0939. The van der Waals surface area contributed by atoms with Crippen molar-refractivity contribution in [3.05, 3.63) is 122 Å². The lowest BCUT2D eigenvalue weighted by Crippen LogP contribution is -2.32. The zero-order valence-electron chi connectivity index (χ0n) is 20.6. The molecule has 0 saturated carbocycles. The van der Waals surface area contributed by atoms with Crippen molar-refractivity contribution in [1.82, 2.24) is 34.7 Å². The van der Waals surface area contributed by atoms with Crippen molar-refractivity contribution in [1.29, 1.82) is 0 Å². The molecule has 190 valence electrons. The summed E-state index contributed by atoms with van der Waals surface area (Å²) in [5.41, 5.74) is 3.19. The number of hydrogen-bond donors (Lipinski definition) is 2. The van der Waals surface area contributed by atoms with E-state index in [1.54, 1.807) is 39.8 Å². The van der Waals surface area contributed by atoms with Gasteiger partial charge in [0.1, 0.15) is 15.0 Å². The van der Waals surface area contributed by atoms with Crippen LogP contribution in [0, 0.1) is 15.5 Å². The summed E-state index contributed by atoms with van der Waals surface area (Å²) in [4.78, 5) is 31.9. The van der Waals surface area contributed by atoms with Crippen LogP contribution in [0.2, 0.25) is 0 Å². The second-order valence-electron chi connectivity index (χ2n) is 8.78. The molecule has 10 heteroatoms. The topological polar surface area (TPSA) is 110 Å². The molecule has 0 bridgehead atoms. The van der Waals surface area contributed by atoms with Gasteiger partial charge in [0.25, 0.3) is 11.5 Å². The van der Waals surface area contributed by atoms with Gasteiger partial charge >= 0.3 is 0 Å². The van der Waals surface area contributed by atoms with E-state index in [1.165, 1.54) is 0 Å². The fourth-order valence-corrected chi connectivity index (χ4v) is 5.23. The number of nitrogens with one attached hydrogen (secondary N) is 2. The van der Waals surface area contributed by atoms with Crippen LogP contribution in [0.4, 0.5) is 0 Å². The van der Waals surface area contributed by atoms with Crippen molar-refractivity contribution in [2.45, 2.75) is 13.0 Å².